The molecule has 0 unspecified atom stereocenters. The highest BCUT2D eigenvalue weighted by molar-refractivity contribution is 6.46. The van der Waals surface area contributed by atoms with Crippen molar-refractivity contribution in [3.63, 3.8) is 0 Å². The molecule has 1 aliphatic heterocycles. The maximum Gasteiger partial charge on any atom is 0.282 e. The minimum Gasteiger partial charge on any atom is -0.339 e. The molecule has 33 heavy (non-hydrogen) atoms. The van der Waals surface area contributed by atoms with Gasteiger partial charge >= 0.3 is 0 Å². The van der Waals surface area contributed by atoms with E-state index in [0.717, 1.165) is 27.9 Å². The summed E-state index contributed by atoms with van der Waals surface area (Å²) in [6.45, 7) is 10.4. The van der Waals surface area contributed by atoms with E-state index in [0.29, 0.717) is 17.0 Å². The molecule has 168 valence electrons. The predicted molar refractivity (Wildman–Crippen MR) is 135 cm³/mol. The number of hydrogen-bond acceptors (Lipinski definition) is 3. The standard InChI is InChI=1S/C29H30N2O2/c1-19-12-17-24(20(2)18-19)25-26(30(6)22-10-8-7-9-11-22)28(33)31(27(25)32)23-15-13-21(14-16-23)29(3,4)5/h7-18H,1-6H3. The van der Waals surface area contributed by atoms with Gasteiger partial charge in [0.2, 0.25) is 0 Å². The van der Waals surface area contributed by atoms with Crippen molar-refractivity contribution in [1.82, 2.24) is 0 Å². The molecule has 0 atom stereocenters. The molecule has 1 heterocycles. The van der Waals surface area contributed by atoms with Crippen LogP contribution in [0.25, 0.3) is 5.57 Å². The third kappa shape index (κ3) is 4.09. The number of rotatable bonds is 4. The van der Waals surface area contributed by atoms with E-state index in [4.69, 9.17) is 0 Å². The average Bonchev–Trinajstić information content (AvgIpc) is 3.03. The van der Waals surface area contributed by atoms with Crippen LogP contribution in [0.5, 0.6) is 0 Å². The predicted octanol–water partition coefficient (Wildman–Crippen LogP) is 6.02. The van der Waals surface area contributed by atoms with Gasteiger partial charge in [-0.05, 0) is 60.2 Å². The summed E-state index contributed by atoms with van der Waals surface area (Å²) < 4.78 is 0. The number of benzene rings is 3. The number of likely N-dealkylation sites (N-methyl/N-ethyl adjacent to an activating group) is 1. The van der Waals surface area contributed by atoms with Gasteiger partial charge in [-0.15, -0.1) is 0 Å². The molecule has 4 nitrogen and oxygen atoms in total. The third-order valence-electron chi connectivity index (χ3n) is 6.18. The molecule has 0 radical (unpaired) electrons. The minimum atomic E-state index is -0.315. The van der Waals surface area contributed by atoms with Gasteiger partial charge in [0, 0.05) is 12.7 Å². The first kappa shape index (κ1) is 22.5. The van der Waals surface area contributed by atoms with E-state index in [1.54, 1.807) is 0 Å². The molecule has 0 aliphatic carbocycles. The summed E-state index contributed by atoms with van der Waals surface area (Å²) in [5, 5.41) is 0. The molecule has 2 amide bonds. The molecule has 0 aromatic heterocycles. The fraction of sp³-hybridized carbons (Fsp3) is 0.241. The van der Waals surface area contributed by atoms with Crippen molar-refractivity contribution in [2.75, 3.05) is 16.8 Å². The Kier molecular flexibility index (Phi) is 5.71. The highest BCUT2D eigenvalue weighted by Gasteiger charge is 2.42. The monoisotopic (exact) mass is 438 g/mol. The zero-order valence-electron chi connectivity index (χ0n) is 20.1. The first-order valence-electron chi connectivity index (χ1n) is 11.2. The second-order valence-corrected chi connectivity index (χ2v) is 9.68. The number of anilines is 2. The summed E-state index contributed by atoms with van der Waals surface area (Å²) in [6.07, 6.45) is 0. The topological polar surface area (TPSA) is 40.6 Å². The maximum atomic E-state index is 13.8. The van der Waals surface area contributed by atoms with Crippen molar-refractivity contribution >= 4 is 28.8 Å². The first-order valence-corrected chi connectivity index (χ1v) is 11.2. The summed E-state index contributed by atoms with van der Waals surface area (Å²) in [6, 6.07) is 23.3. The molecule has 3 aromatic carbocycles. The van der Waals surface area contributed by atoms with E-state index in [1.807, 2.05) is 98.6 Å². The highest BCUT2D eigenvalue weighted by atomic mass is 16.2. The van der Waals surface area contributed by atoms with Gasteiger partial charge in [0.15, 0.2) is 0 Å². The average molecular weight is 439 g/mol. The molecule has 0 spiro atoms. The molecule has 0 bridgehead atoms. The Hall–Kier alpha value is -3.66. The zero-order chi connectivity index (χ0) is 23.9. The van der Waals surface area contributed by atoms with E-state index in [9.17, 15) is 9.59 Å². The number of amides is 2. The van der Waals surface area contributed by atoms with Crippen LogP contribution in [0, 0.1) is 13.8 Å². The van der Waals surface area contributed by atoms with Crippen molar-refractivity contribution in [1.29, 1.82) is 0 Å². The van der Waals surface area contributed by atoms with Crippen LogP contribution in [0.2, 0.25) is 0 Å². The molecular weight excluding hydrogens is 408 g/mol. The lowest BCUT2D eigenvalue weighted by Crippen LogP contribution is -2.34. The number of carbonyl (C=O) groups is 2. The number of imide groups is 1. The first-order chi connectivity index (χ1) is 15.6. The molecule has 0 saturated carbocycles. The maximum absolute atomic E-state index is 13.8. The van der Waals surface area contributed by atoms with E-state index < -0.39 is 0 Å². The Morgan fingerprint density at radius 2 is 1.42 bits per heavy atom. The normalized spacial score (nSPS) is 14.3. The molecule has 3 aromatic rings. The van der Waals surface area contributed by atoms with Crippen molar-refractivity contribution in [2.45, 2.75) is 40.0 Å². The number of carbonyl (C=O) groups excluding carboxylic acids is 2. The molecule has 0 fully saturated rings. The molecule has 1 aliphatic rings. The number of hydrogen-bond donors (Lipinski definition) is 0. The van der Waals surface area contributed by atoms with Crippen LogP contribution in [-0.2, 0) is 15.0 Å². The second kappa shape index (κ2) is 8.36. The number of nitrogens with zero attached hydrogens (tertiary/aromatic N) is 2. The minimum absolute atomic E-state index is 0.0152. The molecule has 0 N–H and O–H groups in total. The van der Waals surface area contributed by atoms with E-state index >= 15 is 0 Å². The molecule has 4 rings (SSSR count). The van der Waals surface area contributed by atoms with Gasteiger partial charge in [-0.3, -0.25) is 9.59 Å². The van der Waals surface area contributed by atoms with Gasteiger partial charge in [-0.2, -0.15) is 0 Å². The van der Waals surface area contributed by atoms with Gasteiger partial charge in [0.05, 0.1) is 11.3 Å². The summed E-state index contributed by atoms with van der Waals surface area (Å²) in [4.78, 5) is 30.7. The van der Waals surface area contributed by atoms with Gasteiger partial charge in [-0.1, -0.05) is 74.9 Å². The summed E-state index contributed by atoms with van der Waals surface area (Å²) in [7, 11) is 1.84. The van der Waals surface area contributed by atoms with Crippen molar-refractivity contribution < 1.29 is 9.59 Å². The van der Waals surface area contributed by atoms with Crippen molar-refractivity contribution in [3.8, 4) is 0 Å². The fourth-order valence-electron chi connectivity index (χ4n) is 4.29. The lowest BCUT2D eigenvalue weighted by Gasteiger charge is -2.23. The van der Waals surface area contributed by atoms with Crippen LogP contribution in [0.15, 0.2) is 78.5 Å². The number of aryl methyl sites for hydroxylation is 2. The van der Waals surface area contributed by atoms with Crippen LogP contribution in [0.4, 0.5) is 11.4 Å². The van der Waals surface area contributed by atoms with Gasteiger partial charge < -0.3 is 4.90 Å². The highest BCUT2D eigenvalue weighted by Crippen LogP contribution is 2.37. The Bertz CT molecular complexity index is 1250. The lowest BCUT2D eigenvalue weighted by molar-refractivity contribution is -0.120. The smallest absolute Gasteiger partial charge is 0.282 e. The van der Waals surface area contributed by atoms with Crippen LogP contribution in [0.3, 0.4) is 0 Å². The van der Waals surface area contributed by atoms with Crippen LogP contribution < -0.4 is 9.80 Å². The third-order valence-corrected chi connectivity index (χ3v) is 6.18. The molecule has 0 saturated heterocycles. The zero-order valence-corrected chi connectivity index (χ0v) is 20.1. The van der Waals surface area contributed by atoms with Gasteiger partial charge in [-0.25, -0.2) is 4.90 Å². The van der Waals surface area contributed by atoms with E-state index in [-0.39, 0.29) is 17.2 Å². The SMILES string of the molecule is Cc1ccc(C2=C(N(C)c3ccccc3)C(=O)N(c3ccc(C(C)(C)C)cc3)C2=O)c(C)c1. The summed E-state index contributed by atoms with van der Waals surface area (Å²) in [5.41, 5.74) is 6.24. The van der Waals surface area contributed by atoms with Crippen molar-refractivity contribution in [2.24, 2.45) is 0 Å². The lowest BCUT2D eigenvalue weighted by atomic mass is 9.87. The molecule has 4 heteroatoms. The quantitative estimate of drug-likeness (QED) is 0.468. The van der Waals surface area contributed by atoms with E-state index in [2.05, 4.69) is 20.8 Å². The van der Waals surface area contributed by atoms with Crippen LogP contribution in [-0.4, -0.2) is 18.9 Å². The molecular formula is C29H30N2O2. The van der Waals surface area contributed by atoms with Gasteiger partial charge in [0.1, 0.15) is 5.70 Å². The Morgan fingerprint density at radius 3 is 2.00 bits per heavy atom. The van der Waals surface area contributed by atoms with Gasteiger partial charge in [0.25, 0.3) is 11.8 Å². The van der Waals surface area contributed by atoms with Crippen LogP contribution in [0.1, 0.15) is 43.0 Å². The fourth-order valence-corrected chi connectivity index (χ4v) is 4.29. The second-order valence-electron chi connectivity index (χ2n) is 9.68. The Balaban J connectivity index is 1.86. The number of para-hydroxylation sites is 1. The largest absolute Gasteiger partial charge is 0.339 e. The van der Waals surface area contributed by atoms with Crippen molar-refractivity contribution in [3.05, 3.63) is 101 Å². The summed E-state index contributed by atoms with van der Waals surface area (Å²) >= 11 is 0. The van der Waals surface area contributed by atoms with E-state index in [1.165, 1.54) is 4.90 Å². The Labute approximate surface area is 196 Å². The Morgan fingerprint density at radius 1 is 0.788 bits per heavy atom. The summed E-state index contributed by atoms with van der Waals surface area (Å²) in [5.74, 6) is -0.613. The van der Waals surface area contributed by atoms with Crippen LogP contribution >= 0.6 is 0 Å².